The Labute approximate surface area is 60.5 Å². The second kappa shape index (κ2) is 3.46. The normalized spacial score (nSPS) is 10.3. The molecule has 0 radical (unpaired) electrons. The molecule has 0 aliphatic rings. The third kappa shape index (κ3) is 2.26. The number of alkyl halides is 2. The number of thiazole rings is 1. The second-order valence-corrected chi connectivity index (χ2v) is 2.36. The van der Waals surface area contributed by atoms with Crippen molar-refractivity contribution in [3.8, 4) is 5.19 Å². The molecule has 0 fully saturated rings. The van der Waals surface area contributed by atoms with Crippen LogP contribution in [0, 0.1) is 0 Å². The van der Waals surface area contributed by atoms with Gasteiger partial charge in [-0.1, -0.05) is 11.3 Å². The molecule has 0 unspecified atom stereocenters. The van der Waals surface area contributed by atoms with Crippen molar-refractivity contribution < 1.29 is 13.5 Å². The van der Waals surface area contributed by atoms with Crippen molar-refractivity contribution in [3.05, 3.63) is 11.6 Å². The maximum absolute atomic E-state index is 11.5. The molecule has 5 heteroatoms. The highest BCUT2D eigenvalue weighted by molar-refractivity contribution is 7.11. The summed E-state index contributed by atoms with van der Waals surface area (Å²) in [4.78, 5) is 3.65. The van der Waals surface area contributed by atoms with Crippen molar-refractivity contribution in [1.82, 2.24) is 4.98 Å². The van der Waals surface area contributed by atoms with Crippen LogP contribution in [-0.2, 0) is 0 Å². The van der Waals surface area contributed by atoms with Crippen molar-refractivity contribution >= 4 is 11.3 Å². The molecule has 0 atom stereocenters. The number of rotatable bonds is 3. The van der Waals surface area contributed by atoms with Gasteiger partial charge >= 0.3 is 0 Å². The summed E-state index contributed by atoms with van der Waals surface area (Å²) in [5.41, 5.74) is 0. The van der Waals surface area contributed by atoms with Crippen molar-refractivity contribution in [1.29, 1.82) is 0 Å². The topological polar surface area (TPSA) is 22.1 Å². The summed E-state index contributed by atoms with van der Waals surface area (Å²) >= 11 is 1.20. The van der Waals surface area contributed by atoms with Crippen molar-refractivity contribution in [2.24, 2.45) is 0 Å². The van der Waals surface area contributed by atoms with Crippen LogP contribution in [0.25, 0.3) is 0 Å². The minimum absolute atomic E-state index is 0.292. The molecule has 10 heavy (non-hydrogen) atoms. The van der Waals surface area contributed by atoms with Gasteiger partial charge < -0.3 is 4.74 Å². The zero-order valence-electron chi connectivity index (χ0n) is 4.96. The molecule has 0 aromatic carbocycles. The monoisotopic (exact) mass is 165 g/mol. The van der Waals surface area contributed by atoms with Gasteiger partial charge in [-0.05, 0) is 0 Å². The second-order valence-electron chi connectivity index (χ2n) is 1.50. The number of nitrogens with zero attached hydrogens (tertiary/aromatic N) is 1. The molecule has 1 aromatic rings. The number of hydrogen-bond acceptors (Lipinski definition) is 3. The van der Waals surface area contributed by atoms with Gasteiger partial charge in [0.15, 0.2) is 6.61 Å². The summed E-state index contributed by atoms with van der Waals surface area (Å²) < 4.78 is 27.5. The van der Waals surface area contributed by atoms with E-state index in [0.29, 0.717) is 5.19 Å². The molecule has 1 heterocycles. The van der Waals surface area contributed by atoms with Crippen molar-refractivity contribution in [2.45, 2.75) is 6.43 Å². The highest BCUT2D eigenvalue weighted by atomic mass is 32.1. The lowest BCUT2D eigenvalue weighted by atomic mass is 10.8. The van der Waals surface area contributed by atoms with Crippen LogP contribution in [0.15, 0.2) is 11.6 Å². The van der Waals surface area contributed by atoms with Gasteiger partial charge in [0.2, 0.25) is 0 Å². The molecule has 1 rings (SSSR count). The first-order chi connectivity index (χ1) is 4.79. The summed E-state index contributed by atoms with van der Waals surface area (Å²) in [7, 11) is 0. The third-order valence-corrected chi connectivity index (χ3v) is 1.43. The van der Waals surface area contributed by atoms with Crippen LogP contribution in [-0.4, -0.2) is 18.0 Å². The van der Waals surface area contributed by atoms with E-state index < -0.39 is 13.0 Å². The first-order valence-corrected chi connectivity index (χ1v) is 3.47. The molecule has 56 valence electrons. The molecule has 0 saturated carbocycles. The lowest BCUT2D eigenvalue weighted by Gasteiger charge is -1.98. The Morgan fingerprint density at radius 1 is 1.70 bits per heavy atom. The fourth-order valence-corrected chi connectivity index (χ4v) is 0.912. The zero-order valence-corrected chi connectivity index (χ0v) is 5.78. The Balaban J connectivity index is 2.28. The SMILES string of the molecule is FC(F)COc1nccs1. The lowest BCUT2D eigenvalue weighted by Crippen LogP contribution is -2.06. The lowest BCUT2D eigenvalue weighted by molar-refractivity contribution is 0.0817. The summed E-state index contributed by atoms with van der Waals surface area (Å²) in [6.07, 6.45) is -0.922. The van der Waals surface area contributed by atoms with E-state index in [9.17, 15) is 8.78 Å². The molecule has 0 aliphatic heterocycles. The first kappa shape index (κ1) is 7.40. The summed E-state index contributed by atoms with van der Waals surface area (Å²) in [6.45, 7) is -0.576. The van der Waals surface area contributed by atoms with E-state index in [1.54, 1.807) is 5.38 Å². The average Bonchev–Trinajstić information content (AvgIpc) is 2.34. The molecule has 2 nitrogen and oxygen atoms in total. The van der Waals surface area contributed by atoms with Gasteiger partial charge in [0, 0.05) is 11.6 Å². The predicted molar refractivity (Wildman–Crippen MR) is 33.6 cm³/mol. The Morgan fingerprint density at radius 3 is 3.00 bits per heavy atom. The summed E-state index contributed by atoms with van der Waals surface area (Å²) in [5.74, 6) is 0. The fraction of sp³-hybridized carbons (Fsp3) is 0.400. The van der Waals surface area contributed by atoms with Crippen LogP contribution in [0.3, 0.4) is 0 Å². The predicted octanol–water partition coefficient (Wildman–Crippen LogP) is 1.79. The van der Waals surface area contributed by atoms with Crippen LogP contribution in [0.1, 0.15) is 0 Å². The minimum atomic E-state index is -2.43. The van der Waals surface area contributed by atoms with E-state index in [4.69, 9.17) is 0 Å². The molecular weight excluding hydrogens is 160 g/mol. The fourth-order valence-electron chi connectivity index (χ4n) is 0.416. The number of ether oxygens (including phenoxy) is 1. The third-order valence-electron chi connectivity index (χ3n) is 0.742. The smallest absolute Gasteiger partial charge is 0.273 e. The van der Waals surface area contributed by atoms with Gasteiger partial charge in [-0.25, -0.2) is 13.8 Å². The highest BCUT2D eigenvalue weighted by Gasteiger charge is 2.03. The average molecular weight is 165 g/mol. The Hall–Kier alpha value is -0.710. The van der Waals surface area contributed by atoms with Crippen LogP contribution in [0.2, 0.25) is 0 Å². The van der Waals surface area contributed by atoms with Crippen LogP contribution in [0.4, 0.5) is 8.78 Å². The van der Waals surface area contributed by atoms with Crippen LogP contribution >= 0.6 is 11.3 Å². The largest absolute Gasteiger partial charge is 0.464 e. The van der Waals surface area contributed by atoms with E-state index in [-0.39, 0.29) is 0 Å². The van der Waals surface area contributed by atoms with E-state index in [1.165, 1.54) is 17.5 Å². The standard InChI is InChI=1S/C5H5F2NOS/c6-4(7)3-9-5-8-1-2-10-5/h1-2,4H,3H2. The summed E-state index contributed by atoms with van der Waals surface area (Å²) in [6, 6.07) is 0. The van der Waals surface area contributed by atoms with E-state index in [2.05, 4.69) is 9.72 Å². The van der Waals surface area contributed by atoms with Gasteiger partial charge in [0.05, 0.1) is 0 Å². The maximum atomic E-state index is 11.5. The highest BCUT2D eigenvalue weighted by Crippen LogP contribution is 2.13. The Bertz CT molecular complexity index is 178. The summed E-state index contributed by atoms with van der Waals surface area (Å²) in [5, 5.41) is 1.96. The van der Waals surface area contributed by atoms with Crippen molar-refractivity contribution in [3.63, 3.8) is 0 Å². The van der Waals surface area contributed by atoms with Gasteiger partial charge in [0.1, 0.15) is 0 Å². The molecular formula is C5H5F2NOS. The zero-order chi connectivity index (χ0) is 7.40. The van der Waals surface area contributed by atoms with Gasteiger partial charge in [-0.15, -0.1) is 0 Å². The molecule has 0 amide bonds. The molecule has 0 spiro atoms. The van der Waals surface area contributed by atoms with Gasteiger partial charge in [-0.3, -0.25) is 0 Å². The van der Waals surface area contributed by atoms with E-state index >= 15 is 0 Å². The molecule has 0 N–H and O–H groups in total. The molecule has 0 saturated heterocycles. The van der Waals surface area contributed by atoms with E-state index in [1.807, 2.05) is 0 Å². The van der Waals surface area contributed by atoms with Gasteiger partial charge in [0.25, 0.3) is 11.6 Å². The first-order valence-electron chi connectivity index (χ1n) is 2.59. The molecule has 0 aliphatic carbocycles. The number of halogens is 2. The Kier molecular flexibility index (Phi) is 2.56. The Morgan fingerprint density at radius 2 is 2.50 bits per heavy atom. The number of hydrogen-bond donors (Lipinski definition) is 0. The molecule has 1 aromatic heterocycles. The van der Waals surface area contributed by atoms with E-state index in [0.717, 1.165) is 0 Å². The van der Waals surface area contributed by atoms with Crippen molar-refractivity contribution in [2.75, 3.05) is 6.61 Å². The quantitative estimate of drug-likeness (QED) is 0.681. The number of aromatic nitrogens is 1. The maximum Gasteiger partial charge on any atom is 0.273 e. The van der Waals surface area contributed by atoms with Gasteiger partial charge in [-0.2, -0.15) is 0 Å². The molecule has 0 bridgehead atoms. The van der Waals surface area contributed by atoms with Crippen LogP contribution in [0.5, 0.6) is 5.19 Å². The minimum Gasteiger partial charge on any atom is -0.464 e. The van der Waals surface area contributed by atoms with Crippen LogP contribution < -0.4 is 4.74 Å².